The Morgan fingerprint density at radius 3 is 3.08 bits per heavy atom. The number of rotatable bonds is 0. The van der Waals surface area contributed by atoms with E-state index >= 15 is 0 Å². The highest BCUT2D eigenvalue weighted by atomic mass is 32.1. The zero-order valence-electron chi connectivity index (χ0n) is 6.87. The summed E-state index contributed by atoms with van der Waals surface area (Å²) in [6, 6.07) is 0. The Morgan fingerprint density at radius 2 is 2.33 bits per heavy atom. The maximum atomic E-state index is 11.5. The fraction of sp³-hybridized carbons (Fsp3) is 0.250. The van der Waals surface area contributed by atoms with Crippen LogP contribution in [0.1, 0.15) is 5.56 Å². The fourth-order valence-electron chi connectivity index (χ4n) is 1.15. The van der Waals surface area contributed by atoms with E-state index in [1.807, 2.05) is 12.3 Å². The molecular formula is C8H8N2OS. The van der Waals surface area contributed by atoms with Crippen molar-refractivity contribution in [1.29, 1.82) is 0 Å². The van der Waals surface area contributed by atoms with Gasteiger partial charge >= 0.3 is 0 Å². The summed E-state index contributed by atoms with van der Waals surface area (Å²) in [4.78, 5) is 16.5. The summed E-state index contributed by atoms with van der Waals surface area (Å²) in [7, 11) is 1.71. The van der Waals surface area contributed by atoms with Gasteiger partial charge in [0.1, 0.15) is 4.83 Å². The zero-order chi connectivity index (χ0) is 8.72. The van der Waals surface area contributed by atoms with Crippen LogP contribution in [0, 0.1) is 6.92 Å². The summed E-state index contributed by atoms with van der Waals surface area (Å²) in [5.74, 6) is 0. The summed E-state index contributed by atoms with van der Waals surface area (Å²) >= 11 is 1.51. The zero-order valence-corrected chi connectivity index (χ0v) is 7.68. The van der Waals surface area contributed by atoms with Crippen molar-refractivity contribution >= 4 is 21.6 Å². The minimum Gasteiger partial charge on any atom is -0.302 e. The number of nitrogens with zero attached hydrogens (tertiary/aromatic N) is 2. The summed E-state index contributed by atoms with van der Waals surface area (Å²) in [6.45, 7) is 1.93. The molecule has 0 aliphatic rings. The van der Waals surface area contributed by atoms with E-state index in [0.29, 0.717) is 0 Å². The van der Waals surface area contributed by atoms with Gasteiger partial charge in [-0.15, -0.1) is 11.3 Å². The molecule has 0 fully saturated rings. The molecule has 0 bridgehead atoms. The maximum absolute atomic E-state index is 11.5. The van der Waals surface area contributed by atoms with Crippen LogP contribution in [0.4, 0.5) is 0 Å². The van der Waals surface area contributed by atoms with E-state index in [1.165, 1.54) is 15.9 Å². The molecule has 0 spiro atoms. The first kappa shape index (κ1) is 7.49. The van der Waals surface area contributed by atoms with Crippen molar-refractivity contribution in [2.45, 2.75) is 6.92 Å². The van der Waals surface area contributed by atoms with Gasteiger partial charge in [0, 0.05) is 7.05 Å². The van der Waals surface area contributed by atoms with Crippen LogP contribution in [0.5, 0.6) is 0 Å². The Morgan fingerprint density at radius 1 is 1.58 bits per heavy atom. The molecule has 0 aliphatic heterocycles. The van der Waals surface area contributed by atoms with Crippen molar-refractivity contribution in [3.8, 4) is 0 Å². The van der Waals surface area contributed by atoms with Gasteiger partial charge < -0.3 is 4.57 Å². The number of aromatic nitrogens is 2. The number of aryl methyl sites for hydroxylation is 2. The largest absolute Gasteiger partial charge is 0.302 e. The lowest BCUT2D eigenvalue weighted by molar-refractivity contribution is 0.844. The number of hydrogen-bond donors (Lipinski definition) is 0. The molecule has 0 radical (unpaired) electrons. The van der Waals surface area contributed by atoms with E-state index in [-0.39, 0.29) is 5.56 Å². The van der Waals surface area contributed by atoms with E-state index in [9.17, 15) is 4.79 Å². The fourth-order valence-corrected chi connectivity index (χ4v) is 2.03. The van der Waals surface area contributed by atoms with Gasteiger partial charge in [-0.3, -0.25) is 4.79 Å². The predicted molar refractivity (Wildman–Crippen MR) is 49.6 cm³/mol. The molecule has 2 aromatic heterocycles. The van der Waals surface area contributed by atoms with E-state index in [0.717, 1.165) is 15.8 Å². The third-order valence-electron chi connectivity index (χ3n) is 1.84. The van der Waals surface area contributed by atoms with Crippen LogP contribution < -0.4 is 5.56 Å². The second kappa shape index (κ2) is 2.42. The van der Waals surface area contributed by atoms with Gasteiger partial charge in [0.05, 0.1) is 11.7 Å². The molecule has 0 saturated carbocycles. The van der Waals surface area contributed by atoms with Crippen molar-refractivity contribution in [3.63, 3.8) is 0 Å². The number of hydrogen-bond acceptors (Lipinski definition) is 3. The number of fused-ring (bicyclic) bond motifs is 1. The van der Waals surface area contributed by atoms with E-state index in [4.69, 9.17) is 0 Å². The topological polar surface area (TPSA) is 34.9 Å². The highest BCUT2D eigenvalue weighted by molar-refractivity contribution is 7.16. The van der Waals surface area contributed by atoms with Crippen LogP contribution in [0.15, 0.2) is 16.5 Å². The van der Waals surface area contributed by atoms with E-state index in [2.05, 4.69) is 4.98 Å². The lowest BCUT2D eigenvalue weighted by Crippen LogP contribution is -2.16. The monoisotopic (exact) mass is 180 g/mol. The molecule has 62 valence electrons. The molecule has 0 atom stereocenters. The van der Waals surface area contributed by atoms with Gasteiger partial charge in [-0.05, 0) is 17.9 Å². The van der Waals surface area contributed by atoms with Crippen LogP contribution >= 0.6 is 11.3 Å². The molecule has 2 rings (SSSR count). The van der Waals surface area contributed by atoms with Crippen LogP contribution in [0.25, 0.3) is 10.2 Å². The lowest BCUT2D eigenvalue weighted by atomic mass is 10.3. The first-order valence-corrected chi connectivity index (χ1v) is 4.47. The average Bonchev–Trinajstić information content (AvgIpc) is 2.41. The molecule has 2 aromatic rings. The highest BCUT2D eigenvalue weighted by Gasteiger charge is 2.05. The Hall–Kier alpha value is -1.16. The van der Waals surface area contributed by atoms with Crippen LogP contribution in [0.2, 0.25) is 0 Å². The second-order valence-corrected chi connectivity index (χ2v) is 3.62. The van der Waals surface area contributed by atoms with Gasteiger partial charge in [-0.2, -0.15) is 0 Å². The molecular weight excluding hydrogens is 172 g/mol. The molecule has 4 heteroatoms. The van der Waals surface area contributed by atoms with Crippen molar-refractivity contribution in [2.75, 3.05) is 0 Å². The Balaban J connectivity index is 3.06. The molecule has 12 heavy (non-hydrogen) atoms. The van der Waals surface area contributed by atoms with Crippen LogP contribution in [-0.4, -0.2) is 9.55 Å². The van der Waals surface area contributed by atoms with E-state index < -0.39 is 0 Å². The van der Waals surface area contributed by atoms with Gasteiger partial charge in [-0.1, -0.05) is 0 Å². The van der Waals surface area contributed by atoms with Gasteiger partial charge in [0.15, 0.2) is 0 Å². The Labute approximate surface area is 73.3 Å². The lowest BCUT2D eigenvalue weighted by Gasteiger charge is -1.95. The summed E-state index contributed by atoms with van der Waals surface area (Å²) in [5.41, 5.74) is 1.06. The van der Waals surface area contributed by atoms with Crippen molar-refractivity contribution in [2.24, 2.45) is 7.05 Å². The van der Waals surface area contributed by atoms with Gasteiger partial charge in [0.25, 0.3) is 5.56 Å². The standard InChI is InChI=1S/C8H8N2OS/c1-5-3-12-7-6(5)8(11)10(2)4-9-7/h3-4H,1-2H3. The molecule has 2 heterocycles. The minimum atomic E-state index is 0.0405. The molecule has 0 amide bonds. The van der Waals surface area contributed by atoms with Crippen LogP contribution in [0.3, 0.4) is 0 Å². The molecule has 0 N–H and O–H groups in total. The predicted octanol–water partition coefficient (Wildman–Crippen LogP) is 1.30. The summed E-state index contributed by atoms with van der Waals surface area (Å²) in [5, 5.41) is 2.71. The van der Waals surface area contributed by atoms with E-state index in [1.54, 1.807) is 13.4 Å². The highest BCUT2D eigenvalue weighted by Crippen LogP contribution is 2.18. The Bertz CT molecular complexity index is 483. The Kier molecular flexibility index (Phi) is 1.51. The van der Waals surface area contributed by atoms with Crippen molar-refractivity contribution in [1.82, 2.24) is 9.55 Å². The summed E-state index contributed by atoms with van der Waals surface area (Å²) in [6.07, 6.45) is 1.56. The SMILES string of the molecule is Cc1csc2ncn(C)c(=O)c12. The summed E-state index contributed by atoms with van der Waals surface area (Å²) < 4.78 is 1.50. The quantitative estimate of drug-likeness (QED) is 0.612. The third kappa shape index (κ3) is 0.881. The average molecular weight is 180 g/mol. The van der Waals surface area contributed by atoms with Gasteiger partial charge in [0.2, 0.25) is 0 Å². The first-order chi connectivity index (χ1) is 5.70. The smallest absolute Gasteiger partial charge is 0.262 e. The molecule has 0 aliphatic carbocycles. The van der Waals surface area contributed by atoms with Crippen LogP contribution in [-0.2, 0) is 7.05 Å². The second-order valence-electron chi connectivity index (χ2n) is 2.76. The molecule has 0 saturated heterocycles. The van der Waals surface area contributed by atoms with Crippen molar-refractivity contribution < 1.29 is 0 Å². The molecule has 0 unspecified atom stereocenters. The van der Waals surface area contributed by atoms with Crippen molar-refractivity contribution in [3.05, 3.63) is 27.6 Å². The normalized spacial score (nSPS) is 10.8. The number of thiophene rings is 1. The molecule has 3 nitrogen and oxygen atoms in total. The minimum absolute atomic E-state index is 0.0405. The first-order valence-electron chi connectivity index (χ1n) is 3.59. The maximum Gasteiger partial charge on any atom is 0.262 e. The molecule has 0 aromatic carbocycles. The van der Waals surface area contributed by atoms with Gasteiger partial charge in [-0.25, -0.2) is 4.98 Å². The third-order valence-corrected chi connectivity index (χ3v) is 2.84.